The standard InChI is InChI=1S/C21H19N5O4/c1-26-9-7-21(29,20(26)28)6-5-13-10-14(12-15(11-13)30-2)23-19(27)17-16-4-3-8-22-18(16)25-24-17/h3-4,8,10-12,29H,7,9H2,1-2H3,(H,23,27)(H,22,24,25)/t21-/m0/s1. The van der Waals surface area contributed by atoms with Gasteiger partial charge in [-0.15, -0.1) is 0 Å². The van der Waals surface area contributed by atoms with Crippen LogP contribution in [0.2, 0.25) is 0 Å². The zero-order chi connectivity index (χ0) is 21.3. The number of anilines is 1. The van der Waals surface area contributed by atoms with Gasteiger partial charge in [0.2, 0.25) is 5.60 Å². The number of aliphatic hydroxyl groups is 1. The lowest BCUT2D eigenvalue weighted by atomic mass is 10.0. The van der Waals surface area contributed by atoms with Gasteiger partial charge in [0.1, 0.15) is 11.4 Å². The van der Waals surface area contributed by atoms with Crippen molar-refractivity contribution in [1.82, 2.24) is 20.1 Å². The number of carbonyl (C=O) groups excluding carboxylic acids is 2. The number of rotatable bonds is 3. The topological polar surface area (TPSA) is 120 Å². The maximum atomic E-state index is 12.7. The van der Waals surface area contributed by atoms with Gasteiger partial charge in [-0.3, -0.25) is 14.7 Å². The molecule has 2 amide bonds. The van der Waals surface area contributed by atoms with Gasteiger partial charge in [0.05, 0.1) is 12.5 Å². The van der Waals surface area contributed by atoms with E-state index in [1.54, 1.807) is 43.6 Å². The monoisotopic (exact) mass is 405 g/mol. The van der Waals surface area contributed by atoms with Crippen LogP contribution in [0.15, 0.2) is 36.5 Å². The molecule has 4 rings (SSSR count). The molecular formula is C21H19N5O4. The summed E-state index contributed by atoms with van der Waals surface area (Å²) in [5, 5.41) is 20.6. The maximum absolute atomic E-state index is 12.7. The van der Waals surface area contributed by atoms with Crippen LogP contribution in [-0.4, -0.2) is 63.3 Å². The van der Waals surface area contributed by atoms with E-state index in [-0.39, 0.29) is 12.1 Å². The summed E-state index contributed by atoms with van der Waals surface area (Å²) in [5.41, 5.74) is -0.0567. The van der Waals surface area contributed by atoms with Crippen LogP contribution in [0.4, 0.5) is 5.69 Å². The molecule has 9 heteroatoms. The van der Waals surface area contributed by atoms with Crippen LogP contribution in [-0.2, 0) is 4.79 Å². The van der Waals surface area contributed by atoms with E-state index in [9.17, 15) is 14.7 Å². The number of aromatic nitrogens is 3. The molecule has 1 aliphatic heterocycles. The van der Waals surface area contributed by atoms with Crippen LogP contribution in [0.5, 0.6) is 5.75 Å². The highest BCUT2D eigenvalue weighted by Gasteiger charge is 2.42. The second kappa shape index (κ2) is 7.50. The van der Waals surface area contributed by atoms with Gasteiger partial charge in [-0.2, -0.15) is 5.10 Å². The second-order valence-corrected chi connectivity index (χ2v) is 6.96. The number of nitrogens with zero attached hydrogens (tertiary/aromatic N) is 3. The number of hydrogen-bond acceptors (Lipinski definition) is 6. The van der Waals surface area contributed by atoms with E-state index < -0.39 is 17.4 Å². The first-order chi connectivity index (χ1) is 14.4. The van der Waals surface area contributed by atoms with E-state index in [1.807, 2.05) is 0 Å². The van der Waals surface area contributed by atoms with Gasteiger partial charge in [0.25, 0.3) is 11.8 Å². The number of amides is 2. The Kier molecular flexibility index (Phi) is 4.85. The third-order valence-electron chi connectivity index (χ3n) is 4.88. The number of hydrogen-bond donors (Lipinski definition) is 3. The van der Waals surface area contributed by atoms with Crippen LogP contribution in [0.25, 0.3) is 11.0 Å². The number of H-pyrrole nitrogens is 1. The molecule has 0 spiro atoms. The number of likely N-dealkylation sites (tertiary alicyclic amines) is 1. The first-order valence-electron chi connectivity index (χ1n) is 9.20. The van der Waals surface area contributed by atoms with Crippen molar-refractivity contribution in [1.29, 1.82) is 0 Å². The van der Waals surface area contributed by atoms with Crippen molar-refractivity contribution < 1.29 is 19.4 Å². The summed E-state index contributed by atoms with van der Waals surface area (Å²) >= 11 is 0. The van der Waals surface area contributed by atoms with E-state index in [4.69, 9.17) is 4.74 Å². The smallest absolute Gasteiger partial charge is 0.274 e. The molecule has 1 fully saturated rings. The quantitative estimate of drug-likeness (QED) is 0.563. The molecule has 1 aromatic carbocycles. The molecule has 3 heterocycles. The summed E-state index contributed by atoms with van der Waals surface area (Å²) in [6.07, 6.45) is 1.84. The minimum Gasteiger partial charge on any atom is -0.497 e. The first-order valence-corrected chi connectivity index (χ1v) is 9.20. The lowest BCUT2D eigenvalue weighted by molar-refractivity contribution is -0.137. The van der Waals surface area contributed by atoms with Crippen LogP contribution in [0.1, 0.15) is 22.5 Å². The summed E-state index contributed by atoms with van der Waals surface area (Å²) < 4.78 is 5.29. The molecule has 1 atom stereocenters. The average molecular weight is 405 g/mol. The van der Waals surface area contributed by atoms with E-state index >= 15 is 0 Å². The Morgan fingerprint density at radius 2 is 2.23 bits per heavy atom. The molecule has 3 aromatic rings. The minimum atomic E-state index is -1.71. The van der Waals surface area contributed by atoms with Crippen molar-refractivity contribution in [2.24, 2.45) is 0 Å². The second-order valence-electron chi connectivity index (χ2n) is 6.96. The molecule has 152 valence electrons. The third kappa shape index (κ3) is 3.56. The molecule has 9 nitrogen and oxygen atoms in total. The molecule has 0 unspecified atom stereocenters. The zero-order valence-electron chi connectivity index (χ0n) is 16.4. The van der Waals surface area contributed by atoms with Crippen molar-refractivity contribution in [3.8, 4) is 17.6 Å². The van der Waals surface area contributed by atoms with Crippen LogP contribution < -0.4 is 10.1 Å². The fourth-order valence-corrected chi connectivity index (χ4v) is 3.22. The van der Waals surface area contributed by atoms with Gasteiger partial charge in [-0.1, -0.05) is 11.8 Å². The van der Waals surface area contributed by atoms with Crippen molar-refractivity contribution in [3.05, 3.63) is 47.8 Å². The maximum Gasteiger partial charge on any atom is 0.274 e. The number of likely N-dealkylation sites (N-methyl/N-ethyl adjacent to an activating group) is 1. The molecule has 30 heavy (non-hydrogen) atoms. The van der Waals surface area contributed by atoms with Gasteiger partial charge >= 0.3 is 0 Å². The van der Waals surface area contributed by atoms with Gasteiger partial charge < -0.3 is 20.1 Å². The summed E-state index contributed by atoms with van der Waals surface area (Å²) in [5.74, 6) is 5.13. The van der Waals surface area contributed by atoms with Gasteiger partial charge in [0.15, 0.2) is 5.65 Å². The molecule has 1 aliphatic rings. The fourth-order valence-electron chi connectivity index (χ4n) is 3.22. The van der Waals surface area contributed by atoms with Gasteiger partial charge in [-0.05, 0) is 24.3 Å². The number of methoxy groups -OCH3 is 1. The Morgan fingerprint density at radius 3 is 2.97 bits per heavy atom. The SMILES string of the molecule is COc1cc(C#C[C@]2(O)CCN(C)C2=O)cc(NC(=O)c2[nH]nc3ncccc23)c1. The van der Waals surface area contributed by atoms with E-state index in [2.05, 4.69) is 32.3 Å². The largest absolute Gasteiger partial charge is 0.497 e. The molecule has 1 saturated heterocycles. The van der Waals surface area contributed by atoms with Gasteiger partial charge in [-0.25, -0.2) is 4.98 Å². The predicted octanol–water partition coefficient (Wildman–Crippen LogP) is 1.16. The fraction of sp³-hybridized carbons (Fsp3) is 0.238. The third-order valence-corrected chi connectivity index (χ3v) is 4.88. The van der Waals surface area contributed by atoms with Crippen molar-refractivity contribution in [2.75, 3.05) is 26.0 Å². The number of fused-ring (bicyclic) bond motifs is 1. The number of ether oxygens (including phenoxy) is 1. The number of aromatic amines is 1. The highest BCUT2D eigenvalue weighted by molar-refractivity contribution is 6.10. The Bertz CT molecular complexity index is 1210. The lowest BCUT2D eigenvalue weighted by Gasteiger charge is -2.13. The Labute approximate surface area is 172 Å². The molecule has 3 N–H and O–H groups in total. The molecule has 2 aromatic heterocycles. The van der Waals surface area contributed by atoms with Crippen LogP contribution >= 0.6 is 0 Å². The van der Waals surface area contributed by atoms with Crippen molar-refractivity contribution in [3.63, 3.8) is 0 Å². The Hall–Kier alpha value is -3.90. The molecule has 0 radical (unpaired) electrons. The number of pyridine rings is 1. The average Bonchev–Trinajstić information content (AvgIpc) is 3.29. The van der Waals surface area contributed by atoms with Crippen molar-refractivity contribution >= 4 is 28.5 Å². The normalized spacial score (nSPS) is 18.2. The highest BCUT2D eigenvalue weighted by atomic mass is 16.5. The van der Waals surface area contributed by atoms with Crippen molar-refractivity contribution in [2.45, 2.75) is 12.0 Å². The number of nitrogens with one attached hydrogen (secondary N) is 2. The lowest BCUT2D eigenvalue weighted by Crippen LogP contribution is -2.37. The summed E-state index contributed by atoms with van der Waals surface area (Å²) in [6, 6.07) is 8.41. The Balaban J connectivity index is 1.61. The van der Waals surface area contributed by atoms with Crippen LogP contribution in [0, 0.1) is 11.8 Å². The molecular weight excluding hydrogens is 386 g/mol. The van der Waals surface area contributed by atoms with E-state index in [0.29, 0.717) is 34.6 Å². The summed E-state index contributed by atoms with van der Waals surface area (Å²) in [6.45, 7) is 0.441. The predicted molar refractivity (Wildman–Crippen MR) is 109 cm³/mol. The number of benzene rings is 1. The minimum absolute atomic E-state index is 0.240. The van der Waals surface area contributed by atoms with Gasteiger partial charge in [0, 0.05) is 43.5 Å². The zero-order valence-corrected chi connectivity index (χ0v) is 16.4. The first kappa shape index (κ1) is 19.4. The number of carbonyl (C=O) groups is 2. The summed E-state index contributed by atoms with van der Waals surface area (Å²) in [7, 11) is 3.12. The van der Waals surface area contributed by atoms with E-state index in [1.165, 1.54) is 12.0 Å². The summed E-state index contributed by atoms with van der Waals surface area (Å²) in [4.78, 5) is 30.4. The highest BCUT2D eigenvalue weighted by Crippen LogP contribution is 2.24. The molecule has 0 aliphatic carbocycles. The Morgan fingerprint density at radius 1 is 1.40 bits per heavy atom. The molecule has 0 saturated carbocycles. The van der Waals surface area contributed by atoms with E-state index in [0.717, 1.165) is 0 Å². The molecule has 0 bridgehead atoms. The van der Waals surface area contributed by atoms with Crippen LogP contribution in [0.3, 0.4) is 0 Å².